The summed E-state index contributed by atoms with van der Waals surface area (Å²) < 4.78 is 10.1. The Labute approximate surface area is 188 Å². The lowest BCUT2D eigenvalue weighted by Gasteiger charge is -2.05. The fourth-order valence-electron chi connectivity index (χ4n) is 2.77. The van der Waals surface area contributed by atoms with Gasteiger partial charge in [-0.1, -0.05) is 11.6 Å². The van der Waals surface area contributed by atoms with Crippen molar-refractivity contribution in [1.82, 2.24) is 0 Å². The van der Waals surface area contributed by atoms with Gasteiger partial charge in [0.05, 0.1) is 24.4 Å². The van der Waals surface area contributed by atoms with Crippen molar-refractivity contribution in [2.75, 3.05) is 13.2 Å². The van der Waals surface area contributed by atoms with E-state index in [9.17, 15) is 24.8 Å². The molecule has 0 radical (unpaired) electrons. The van der Waals surface area contributed by atoms with Crippen LogP contribution in [0, 0.1) is 18.3 Å². The number of nitriles is 1. The number of nitrogens with zero attached hydrogens (tertiary/aromatic N) is 1. The normalized spacial score (nSPS) is 11.0. The number of ether oxygens (including phenoxy) is 2. The molecule has 1 N–H and O–H groups in total. The number of hydrogen-bond acceptors (Lipinski definition) is 8. The Kier molecular flexibility index (Phi) is 8.37. The van der Waals surface area contributed by atoms with Gasteiger partial charge in [0.25, 0.3) is 0 Å². The number of thiophene rings is 1. The first-order chi connectivity index (χ1) is 14.7. The van der Waals surface area contributed by atoms with E-state index in [1.807, 2.05) is 6.07 Å². The summed E-state index contributed by atoms with van der Waals surface area (Å²) in [5.41, 5.74) is 0.444. The number of aromatic hydroxyl groups is 1. The van der Waals surface area contributed by atoms with E-state index in [-0.39, 0.29) is 47.0 Å². The lowest BCUT2D eigenvalue weighted by molar-refractivity contribution is -0.114. The summed E-state index contributed by atoms with van der Waals surface area (Å²) >= 11 is 6.87. The molecule has 0 saturated carbocycles. The number of ketones is 1. The van der Waals surface area contributed by atoms with Crippen LogP contribution in [-0.4, -0.2) is 36.0 Å². The second-order valence-electron chi connectivity index (χ2n) is 6.27. The van der Waals surface area contributed by atoms with Crippen LogP contribution in [0.15, 0.2) is 23.8 Å². The highest BCUT2D eigenvalue weighted by atomic mass is 35.5. The monoisotopic (exact) mass is 461 g/mol. The molecule has 1 heterocycles. The number of phenolic OH excluding ortho intramolecular Hbond substituents is 1. The number of halogens is 1. The van der Waals surface area contributed by atoms with E-state index < -0.39 is 17.7 Å². The maximum absolute atomic E-state index is 12.8. The summed E-state index contributed by atoms with van der Waals surface area (Å²) in [6.07, 6.45) is 0.917. The van der Waals surface area contributed by atoms with Gasteiger partial charge < -0.3 is 14.6 Å². The minimum absolute atomic E-state index is 0.117. The second-order valence-corrected chi connectivity index (χ2v) is 7.81. The van der Waals surface area contributed by atoms with Gasteiger partial charge in [-0.3, -0.25) is 4.79 Å². The molecule has 1 aromatic heterocycles. The molecule has 2 rings (SSSR count). The summed E-state index contributed by atoms with van der Waals surface area (Å²) in [5.74, 6) is -2.00. The molecular formula is C22H20ClNO6S. The fraction of sp³-hybridized carbons (Fsp3) is 0.273. The van der Waals surface area contributed by atoms with Crippen LogP contribution >= 0.6 is 22.9 Å². The van der Waals surface area contributed by atoms with Crippen molar-refractivity contribution in [3.63, 3.8) is 0 Å². The number of carbonyl (C=O) groups excluding carboxylic acids is 3. The quantitative estimate of drug-likeness (QED) is 0.350. The summed E-state index contributed by atoms with van der Waals surface area (Å²) in [5, 5.41) is 19.7. The second kappa shape index (κ2) is 10.8. The number of hydrogen-bond donors (Lipinski definition) is 1. The Morgan fingerprint density at radius 2 is 1.84 bits per heavy atom. The minimum Gasteiger partial charge on any atom is -0.507 e. The first kappa shape index (κ1) is 24.1. The van der Waals surface area contributed by atoms with Crippen molar-refractivity contribution in [3.05, 3.63) is 55.2 Å². The maximum atomic E-state index is 12.8. The third kappa shape index (κ3) is 5.72. The lowest BCUT2D eigenvalue weighted by Crippen LogP contribution is -2.12. The molecule has 0 aliphatic rings. The van der Waals surface area contributed by atoms with Crippen molar-refractivity contribution in [2.45, 2.75) is 27.2 Å². The third-order valence-electron chi connectivity index (χ3n) is 4.19. The smallest absolute Gasteiger partial charge is 0.348 e. The Balaban J connectivity index is 2.46. The van der Waals surface area contributed by atoms with Crippen LogP contribution < -0.4 is 0 Å². The van der Waals surface area contributed by atoms with E-state index in [0.29, 0.717) is 15.5 Å². The van der Waals surface area contributed by atoms with E-state index in [2.05, 4.69) is 0 Å². The average Bonchev–Trinajstić information content (AvgIpc) is 3.04. The first-order valence-electron chi connectivity index (χ1n) is 9.33. The predicted molar refractivity (Wildman–Crippen MR) is 116 cm³/mol. The van der Waals surface area contributed by atoms with Crippen molar-refractivity contribution in [2.24, 2.45) is 0 Å². The maximum Gasteiger partial charge on any atom is 0.348 e. The molecular weight excluding hydrogens is 442 g/mol. The van der Waals surface area contributed by atoms with Gasteiger partial charge in [0.2, 0.25) is 0 Å². The van der Waals surface area contributed by atoms with E-state index in [1.54, 1.807) is 20.8 Å². The molecule has 31 heavy (non-hydrogen) atoms. The summed E-state index contributed by atoms with van der Waals surface area (Å²) in [6.45, 7) is 5.16. The molecule has 1 aromatic carbocycles. The van der Waals surface area contributed by atoms with Gasteiger partial charge >= 0.3 is 11.9 Å². The average molecular weight is 462 g/mol. The Morgan fingerprint density at radius 1 is 1.19 bits per heavy atom. The van der Waals surface area contributed by atoms with Gasteiger partial charge in [0.1, 0.15) is 16.7 Å². The molecule has 0 unspecified atom stereocenters. The van der Waals surface area contributed by atoms with Gasteiger partial charge in [-0.2, -0.15) is 5.26 Å². The van der Waals surface area contributed by atoms with Crippen LogP contribution in [0.4, 0.5) is 0 Å². The standard InChI is InChI=1S/C22H20ClNO6S/c1-4-29-21(27)19-12(3)20(22(28)30-5-2)31-18(19)10-17(26)14(11-24)8-13-9-15(23)6-7-16(13)25/h6-9,25H,4-5,10H2,1-3H3/b14-8+. The highest BCUT2D eigenvalue weighted by molar-refractivity contribution is 7.14. The number of esters is 2. The van der Waals surface area contributed by atoms with Crippen LogP contribution in [0.5, 0.6) is 5.75 Å². The summed E-state index contributed by atoms with van der Waals surface area (Å²) in [7, 11) is 0. The topological polar surface area (TPSA) is 114 Å². The molecule has 7 nitrogen and oxygen atoms in total. The number of Topliss-reactive ketones (excluding diaryl/α,β-unsaturated/α-hetero) is 1. The van der Waals surface area contributed by atoms with Gasteiger partial charge in [-0.05, 0) is 50.6 Å². The summed E-state index contributed by atoms with van der Waals surface area (Å²) in [6, 6.07) is 6.05. The van der Waals surface area contributed by atoms with E-state index in [1.165, 1.54) is 24.3 Å². The van der Waals surface area contributed by atoms with Gasteiger partial charge in [-0.15, -0.1) is 11.3 Å². The van der Waals surface area contributed by atoms with Crippen molar-refractivity contribution < 1.29 is 29.0 Å². The lowest BCUT2D eigenvalue weighted by atomic mass is 10.0. The zero-order valence-electron chi connectivity index (χ0n) is 17.2. The molecule has 0 saturated heterocycles. The molecule has 0 aliphatic heterocycles. The van der Waals surface area contributed by atoms with Crippen molar-refractivity contribution in [1.29, 1.82) is 5.26 Å². The molecule has 0 fully saturated rings. The van der Waals surface area contributed by atoms with Crippen LogP contribution in [0.3, 0.4) is 0 Å². The number of carbonyl (C=O) groups is 3. The van der Waals surface area contributed by atoms with Crippen LogP contribution in [0.2, 0.25) is 5.02 Å². The zero-order chi connectivity index (χ0) is 23.1. The third-order valence-corrected chi connectivity index (χ3v) is 5.70. The molecule has 0 atom stereocenters. The molecule has 0 bridgehead atoms. The minimum atomic E-state index is -0.662. The van der Waals surface area contributed by atoms with Crippen LogP contribution in [0.25, 0.3) is 6.08 Å². The van der Waals surface area contributed by atoms with Crippen LogP contribution in [0.1, 0.15) is 49.9 Å². The van der Waals surface area contributed by atoms with Gasteiger partial charge in [-0.25, -0.2) is 9.59 Å². The van der Waals surface area contributed by atoms with E-state index in [4.69, 9.17) is 21.1 Å². The number of allylic oxidation sites excluding steroid dienone is 1. The molecule has 0 spiro atoms. The van der Waals surface area contributed by atoms with Crippen molar-refractivity contribution in [3.8, 4) is 11.8 Å². The summed E-state index contributed by atoms with van der Waals surface area (Å²) in [4.78, 5) is 38.0. The number of phenols is 1. The Morgan fingerprint density at radius 3 is 2.45 bits per heavy atom. The molecule has 2 aromatic rings. The van der Waals surface area contributed by atoms with Gasteiger partial charge in [0.15, 0.2) is 5.78 Å². The Hall–Kier alpha value is -3.15. The fourth-order valence-corrected chi connectivity index (χ4v) is 4.14. The largest absolute Gasteiger partial charge is 0.507 e. The molecule has 0 aliphatic carbocycles. The highest BCUT2D eigenvalue weighted by Gasteiger charge is 2.28. The van der Waals surface area contributed by atoms with Crippen LogP contribution in [-0.2, 0) is 20.7 Å². The molecule has 9 heteroatoms. The molecule has 162 valence electrons. The zero-order valence-corrected chi connectivity index (χ0v) is 18.7. The number of benzene rings is 1. The first-order valence-corrected chi connectivity index (χ1v) is 10.5. The van der Waals surface area contributed by atoms with E-state index in [0.717, 1.165) is 11.3 Å². The SMILES string of the molecule is CCOC(=O)c1sc(CC(=O)/C(C#N)=C/c2cc(Cl)ccc2O)c(C(=O)OCC)c1C. The van der Waals surface area contributed by atoms with Crippen molar-refractivity contribution >= 4 is 46.7 Å². The predicted octanol–water partition coefficient (Wildman–Crippen LogP) is 4.49. The van der Waals surface area contributed by atoms with E-state index >= 15 is 0 Å². The molecule has 0 amide bonds. The van der Waals surface area contributed by atoms with Gasteiger partial charge in [0, 0.05) is 21.9 Å². The Bertz CT molecular complexity index is 1100. The number of rotatable bonds is 8. The highest BCUT2D eigenvalue weighted by Crippen LogP contribution is 2.31.